The average molecular weight is 504 g/mol. The Labute approximate surface area is 206 Å². The number of ether oxygens (including phenoxy) is 3. The van der Waals surface area contributed by atoms with Crippen LogP contribution in [0.5, 0.6) is 17.4 Å². The molecule has 3 aromatic rings. The first-order valence-corrected chi connectivity index (χ1v) is 11.6. The second-order valence-electron chi connectivity index (χ2n) is 8.17. The van der Waals surface area contributed by atoms with Gasteiger partial charge in [-0.2, -0.15) is 0 Å². The van der Waals surface area contributed by atoms with E-state index in [1.807, 2.05) is 12.1 Å². The Morgan fingerprint density at radius 2 is 1.79 bits per heavy atom. The predicted octanol–water partition coefficient (Wildman–Crippen LogP) is 4.46. The van der Waals surface area contributed by atoms with Gasteiger partial charge in [0.1, 0.15) is 0 Å². The highest BCUT2D eigenvalue weighted by atomic mass is 35.5. The Balaban J connectivity index is 1.16. The highest BCUT2D eigenvalue weighted by Gasteiger charge is 2.23. The van der Waals surface area contributed by atoms with E-state index in [2.05, 4.69) is 31.6 Å². The van der Waals surface area contributed by atoms with Crippen molar-refractivity contribution < 1.29 is 19.0 Å². The van der Waals surface area contributed by atoms with Crippen molar-refractivity contribution in [3.05, 3.63) is 45.9 Å². The number of anilines is 1. The minimum atomic E-state index is -0.360. The molecule has 0 unspecified atom stereocenters. The number of hydrogen-bond donors (Lipinski definition) is 2. The molecule has 1 aromatic heterocycles. The zero-order valence-electron chi connectivity index (χ0n) is 18.4. The Morgan fingerprint density at radius 3 is 2.53 bits per heavy atom. The number of aromatic nitrogens is 2. The zero-order valence-corrected chi connectivity index (χ0v) is 19.9. The molecule has 2 amide bonds. The van der Waals surface area contributed by atoms with Crippen LogP contribution in [0.25, 0.3) is 11.0 Å². The number of amides is 2. The highest BCUT2D eigenvalue weighted by molar-refractivity contribution is 6.42. The van der Waals surface area contributed by atoms with Crippen molar-refractivity contribution in [2.45, 2.75) is 25.4 Å². The standard InChI is InChI=1S/C23H23Cl2N5O4/c1-32-22-21(27-17-9-15(24)16(25)10-18(17)28-22)29-23(31)26-14-4-6-30(7-5-14)11-13-2-3-19-20(8-13)34-12-33-19/h2-3,8-10,14H,4-7,11-12H2,1H3,(H2,26,27,29,31). The van der Waals surface area contributed by atoms with Crippen LogP contribution in [0, 0.1) is 0 Å². The van der Waals surface area contributed by atoms with Gasteiger partial charge in [0, 0.05) is 25.7 Å². The molecule has 0 atom stereocenters. The van der Waals surface area contributed by atoms with Crippen LogP contribution in [0.2, 0.25) is 10.0 Å². The largest absolute Gasteiger partial charge is 0.478 e. The summed E-state index contributed by atoms with van der Waals surface area (Å²) in [5.74, 6) is 1.99. The molecule has 178 valence electrons. The first-order chi connectivity index (χ1) is 16.5. The number of carbonyl (C=O) groups is 1. The molecule has 0 bridgehead atoms. The van der Waals surface area contributed by atoms with E-state index in [1.165, 1.54) is 12.7 Å². The Kier molecular flexibility index (Phi) is 6.49. The molecule has 2 aromatic carbocycles. The minimum absolute atomic E-state index is 0.0562. The van der Waals surface area contributed by atoms with E-state index in [1.54, 1.807) is 12.1 Å². The molecule has 0 spiro atoms. The summed E-state index contributed by atoms with van der Waals surface area (Å²) >= 11 is 12.1. The molecule has 34 heavy (non-hydrogen) atoms. The molecule has 2 aliphatic rings. The van der Waals surface area contributed by atoms with Gasteiger partial charge in [-0.3, -0.25) is 10.2 Å². The lowest BCUT2D eigenvalue weighted by atomic mass is 10.0. The molecular weight excluding hydrogens is 481 g/mol. The topological polar surface area (TPSA) is 97.8 Å². The van der Waals surface area contributed by atoms with E-state index in [0.717, 1.165) is 44.0 Å². The van der Waals surface area contributed by atoms with Crippen molar-refractivity contribution in [2.75, 3.05) is 32.3 Å². The van der Waals surface area contributed by atoms with Gasteiger partial charge in [-0.15, -0.1) is 0 Å². The summed E-state index contributed by atoms with van der Waals surface area (Å²) < 4.78 is 16.1. The monoisotopic (exact) mass is 503 g/mol. The van der Waals surface area contributed by atoms with Crippen LogP contribution in [0.15, 0.2) is 30.3 Å². The van der Waals surface area contributed by atoms with Crippen LogP contribution in [-0.2, 0) is 6.54 Å². The second-order valence-corrected chi connectivity index (χ2v) is 8.99. The van der Waals surface area contributed by atoms with Gasteiger partial charge in [0.2, 0.25) is 6.79 Å². The fraction of sp³-hybridized carbons (Fsp3) is 0.348. The fourth-order valence-electron chi connectivity index (χ4n) is 4.12. The second kappa shape index (κ2) is 9.69. The molecule has 0 radical (unpaired) electrons. The normalized spacial score (nSPS) is 16.0. The third kappa shape index (κ3) is 4.91. The molecule has 9 nitrogen and oxygen atoms in total. The molecule has 0 saturated carbocycles. The van der Waals surface area contributed by atoms with Gasteiger partial charge >= 0.3 is 6.03 Å². The molecule has 11 heteroatoms. The molecule has 5 rings (SSSR count). The summed E-state index contributed by atoms with van der Waals surface area (Å²) in [6.07, 6.45) is 1.68. The van der Waals surface area contributed by atoms with Crippen LogP contribution in [0.3, 0.4) is 0 Å². The summed E-state index contributed by atoms with van der Waals surface area (Å²) in [7, 11) is 1.46. The summed E-state index contributed by atoms with van der Waals surface area (Å²) in [6.45, 7) is 2.85. The van der Waals surface area contributed by atoms with Gasteiger partial charge in [-0.1, -0.05) is 29.3 Å². The predicted molar refractivity (Wildman–Crippen MR) is 129 cm³/mol. The van der Waals surface area contributed by atoms with Crippen LogP contribution in [0.1, 0.15) is 18.4 Å². The van der Waals surface area contributed by atoms with Crippen molar-refractivity contribution in [3.8, 4) is 17.4 Å². The lowest BCUT2D eigenvalue weighted by molar-refractivity contribution is 0.173. The van der Waals surface area contributed by atoms with Crippen molar-refractivity contribution in [2.24, 2.45) is 0 Å². The van der Waals surface area contributed by atoms with Crippen molar-refractivity contribution in [1.29, 1.82) is 0 Å². The van der Waals surface area contributed by atoms with Gasteiger partial charge in [-0.25, -0.2) is 14.8 Å². The number of hydrogen-bond acceptors (Lipinski definition) is 7. The lowest BCUT2D eigenvalue weighted by Gasteiger charge is -2.32. The van der Waals surface area contributed by atoms with Gasteiger partial charge in [-0.05, 0) is 42.7 Å². The first kappa shape index (κ1) is 22.8. The number of nitrogens with one attached hydrogen (secondary N) is 2. The number of nitrogens with zero attached hydrogens (tertiary/aromatic N) is 3. The average Bonchev–Trinajstić information content (AvgIpc) is 3.29. The number of rotatable bonds is 5. The fourth-order valence-corrected chi connectivity index (χ4v) is 4.44. The maximum Gasteiger partial charge on any atom is 0.320 e. The lowest BCUT2D eigenvalue weighted by Crippen LogP contribution is -2.45. The van der Waals surface area contributed by atoms with E-state index < -0.39 is 0 Å². The molecule has 0 aliphatic carbocycles. The number of urea groups is 1. The molecule has 1 fully saturated rings. The van der Waals surface area contributed by atoms with Gasteiger partial charge in [0.25, 0.3) is 5.88 Å². The van der Waals surface area contributed by atoms with Gasteiger partial charge in [0.15, 0.2) is 17.3 Å². The van der Waals surface area contributed by atoms with Crippen LogP contribution < -0.4 is 24.8 Å². The molecule has 1 saturated heterocycles. The summed E-state index contributed by atoms with van der Waals surface area (Å²) in [6, 6.07) is 8.94. The van der Waals surface area contributed by atoms with Crippen LogP contribution in [-0.4, -0.2) is 53.9 Å². The van der Waals surface area contributed by atoms with Crippen LogP contribution >= 0.6 is 23.2 Å². The number of piperidine rings is 1. The van der Waals surface area contributed by atoms with Crippen molar-refractivity contribution >= 4 is 46.1 Å². The Bertz CT molecular complexity index is 1230. The van der Waals surface area contributed by atoms with E-state index in [9.17, 15) is 4.79 Å². The minimum Gasteiger partial charge on any atom is -0.478 e. The van der Waals surface area contributed by atoms with Crippen LogP contribution in [0.4, 0.5) is 10.6 Å². The number of methoxy groups -OCH3 is 1. The van der Waals surface area contributed by atoms with E-state index >= 15 is 0 Å². The number of likely N-dealkylation sites (tertiary alicyclic amines) is 1. The Hall–Kier alpha value is -3.01. The van der Waals surface area contributed by atoms with E-state index in [-0.39, 0.29) is 30.6 Å². The van der Waals surface area contributed by atoms with E-state index in [4.69, 9.17) is 37.4 Å². The van der Waals surface area contributed by atoms with Crippen molar-refractivity contribution in [3.63, 3.8) is 0 Å². The number of fused-ring (bicyclic) bond motifs is 2. The van der Waals surface area contributed by atoms with E-state index in [0.29, 0.717) is 21.1 Å². The number of carbonyl (C=O) groups excluding carboxylic acids is 1. The molecule has 2 aliphatic heterocycles. The zero-order chi connectivity index (χ0) is 23.7. The SMILES string of the molecule is COc1nc2cc(Cl)c(Cl)cc2nc1NC(=O)NC1CCN(Cc2ccc3c(c2)OCO3)CC1. The summed E-state index contributed by atoms with van der Waals surface area (Å²) in [4.78, 5) is 23.8. The smallest absolute Gasteiger partial charge is 0.320 e. The maximum atomic E-state index is 12.7. The summed E-state index contributed by atoms with van der Waals surface area (Å²) in [5, 5.41) is 6.49. The number of benzene rings is 2. The first-order valence-electron chi connectivity index (χ1n) is 10.9. The molecular formula is C23H23Cl2N5O4. The molecule has 2 N–H and O–H groups in total. The Morgan fingerprint density at radius 1 is 1.09 bits per heavy atom. The quantitative estimate of drug-likeness (QED) is 0.530. The highest BCUT2D eigenvalue weighted by Crippen LogP contribution is 2.33. The third-order valence-corrected chi connectivity index (χ3v) is 6.59. The molecule has 3 heterocycles. The van der Waals surface area contributed by atoms with Crippen molar-refractivity contribution in [1.82, 2.24) is 20.2 Å². The summed E-state index contributed by atoms with van der Waals surface area (Å²) in [5.41, 5.74) is 2.20. The maximum absolute atomic E-state index is 12.7. The third-order valence-electron chi connectivity index (χ3n) is 5.87. The van der Waals surface area contributed by atoms with Gasteiger partial charge in [0.05, 0.1) is 28.2 Å². The van der Waals surface area contributed by atoms with Gasteiger partial charge < -0.3 is 19.5 Å². The number of halogens is 2.